The van der Waals surface area contributed by atoms with Crippen molar-refractivity contribution in [2.24, 2.45) is 0 Å². The van der Waals surface area contributed by atoms with Gasteiger partial charge in [-0.15, -0.1) is 0 Å². The van der Waals surface area contributed by atoms with E-state index in [-0.39, 0.29) is 24.5 Å². The highest BCUT2D eigenvalue weighted by Crippen LogP contribution is 2.11. The van der Waals surface area contributed by atoms with Gasteiger partial charge in [0.05, 0.1) is 0 Å². The summed E-state index contributed by atoms with van der Waals surface area (Å²) in [5.74, 6) is -1.00. The number of urea groups is 1. The van der Waals surface area contributed by atoms with Crippen LogP contribution in [0.15, 0.2) is 0 Å². The fourth-order valence-electron chi connectivity index (χ4n) is 2.38. The van der Waals surface area contributed by atoms with Crippen molar-refractivity contribution in [3.05, 3.63) is 0 Å². The van der Waals surface area contributed by atoms with Crippen LogP contribution < -0.4 is 0 Å². The molecule has 3 amide bonds. The first-order valence-corrected chi connectivity index (χ1v) is 7.39. The molecule has 1 atom stereocenters. The van der Waals surface area contributed by atoms with E-state index in [1.807, 2.05) is 13.8 Å². The summed E-state index contributed by atoms with van der Waals surface area (Å²) in [6.07, 6.45) is 1.42. The van der Waals surface area contributed by atoms with Gasteiger partial charge in [-0.3, -0.25) is 9.59 Å². The van der Waals surface area contributed by atoms with Crippen molar-refractivity contribution in [2.75, 3.05) is 32.7 Å². The summed E-state index contributed by atoms with van der Waals surface area (Å²) in [4.78, 5) is 39.7. The minimum absolute atomic E-state index is 0.00798. The molecule has 0 saturated carbocycles. The first kappa shape index (κ1) is 17.3. The number of carbonyl (C=O) groups is 3. The topological polar surface area (TPSA) is 81.2 Å². The predicted octanol–water partition coefficient (Wildman–Crippen LogP) is 0.846. The average molecular weight is 299 g/mol. The number of hydrogen-bond acceptors (Lipinski definition) is 3. The molecule has 1 aliphatic rings. The van der Waals surface area contributed by atoms with Gasteiger partial charge in [0.15, 0.2) is 0 Å². The Hall–Kier alpha value is -1.79. The van der Waals surface area contributed by atoms with Gasteiger partial charge in [0, 0.05) is 39.1 Å². The van der Waals surface area contributed by atoms with Gasteiger partial charge < -0.3 is 19.8 Å². The second-order valence-electron chi connectivity index (χ2n) is 5.41. The van der Waals surface area contributed by atoms with E-state index < -0.39 is 5.97 Å². The van der Waals surface area contributed by atoms with E-state index in [1.165, 1.54) is 11.8 Å². The summed E-state index contributed by atoms with van der Waals surface area (Å²) in [7, 11) is 0. The standard InChI is InChI=1S/C14H25N3O4/c1-4-11(2)17(10-13(19)20)14(21)16-7-5-6-15(8-9-16)12(3)18/h11H,4-10H2,1-3H3,(H,19,20). The first-order valence-electron chi connectivity index (χ1n) is 7.39. The van der Waals surface area contributed by atoms with Gasteiger partial charge >= 0.3 is 12.0 Å². The average Bonchev–Trinajstić information content (AvgIpc) is 2.68. The lowest BCUT2D eigenvalue weighted by Crippen LogP contribution is -2.50. The Morgan fingerprint density at radius 2 is 1.71 bits per heavy atom. The largest absolute Gasteiger partial charge is 0.480 e. The molecule has 1 heterocycles. The molecule has 1 rings (SSSR count). The fraction of sp³-hybridized carbons (Fsp3) is 0.786. The predicted molar refractivity (Wildman–Crippen MR) is 77.9 cm³/mol. The maximum atomic E-state index is 12.5. The Kier molecular flexibility index (Phi) is 6.45. The molecule has 1 fully saturated rings. The van der Waals surface area contributed by atoms with Gasteiger partial charge in [-0.2, -0.15) is 0 Å². The van der Waals surface area contributed by atoms with Crippen LogP contribution in [0.2, 0.25) is 0 Å². The lowest BCUT2D eigenvalue weighted by atomic mass is 10.2. The third-order valence-electron chi connectivity index (χ3n) is 3.89. The first-order chi connectivity index (χ1) is 9.86. The molecule has 120 valence electrons. The monoisotopic (exact) mass is 299 g/mol. The molecule has 0 aromatic heterocycles. The van der Waals surface area contributed by atoms with Crippen LogP contribution in [0.1, 0.15) is 33.6 Å². The number of carbonyl (C=O) groups excluding carboxylic acids is 2. The van der Waals surface area contributed by atoms with Gasteiger partial charge in [-0.1, -0.05) is 6.92 Å². The molecule has 1 aliphatic heterocycles. The van der Waals surface area contributed by atoms with Crippen LogP contribution in [0.25, 0.3) is 0 Å². The zero-order valence-corrected chi connectivity index (χ0v) is 13.0. The number of aliphatic carboxylic acids is 1. The van der Waals surface area contributed by atoms with E-state index in [0.29, 0.717) is 39.0 Å². The van der Waals surface area contributed by atoms with E-state index in [1.54, 1.807) is 9.80 Å². The summed E-state index contributed by atoms with van der Waals surface area (Å²) in [5.41, 5.74) is 0. The number of rotatable bonds is 4. The zero-order valence-electron chi connectivity index (χ0n) is 13.0. The second kappa shape index (κ2) is 7.85. The normalized spacial score (nSPS) is 17.1. The Morgan fingerprint density at radius 1 is 1.14 bits per heavy atom. The van der Waals surface area contributed by atoms with Gasteiger partial charge in [0.2, 0.25) is 5.91 Å². The smallest absolute Gasteiger partial charge is 0.323 e. The molecule has 7 heteroatoms. The number of hydrogen-bond donors (Lipinski definition) is 1. The minimum Gasteiger partial charge on any atom is -0.480 e. The molecule has 0 spiro atoms. The van der Waals surface area contributed by atoms with Crippen molar-refractivity contribution in [1.29, 1.82) is 0 Å². The quantitative estimate of drug-likeness (QED) is 0.834. The van der Waals surface area contributed by atoms with Crippen LogP contribution in [0.3, 0.4) is 0 Å². The van der Waals surface area contributed by atoms with Gasteiger partial charge in [0.25, 0.3) is 0 Å². The molecular weight excluding hydrogens is 274 g/mol. The summed E-state index contributed by atoms with van der Waals surface area (Å²) < 4.78 is 0. The van der Waals surface area contributed by atoms with Gasteiger partial charge in [0.1, 0.15) is 6.54 Å². The molecule has 0 bridgehead atoms. The van der Waals surface area contributed by atoms with Crippen molar-refractivity contribution in [1.82, 2.24) is 14.7 Å². The summed E-state index contributed by atoms with van der Waals surface area (Å²) in [6.45, 7) is 7.14. The Morgan fingerprint density at radius 3 is 2.24 bits per heavy atom. The van der Waals surface area contributed by atoms with Crippen LogP contribution in [0.5, 0.6) is 0 Å². The zero-order chi connectivity index (χ0) is 16.0. The molecule has 1 saturated heterocycles. The van der Waals surface area contributed by atoms with E-state index in [2.05, 4.69) is 0 Å². The molecule has 7 nitrogen and oxygen atoms in total. The Balaban J connectivity index is 2.74. The van der Waals surface area contributed by atoms with E-state index in [4.69, 9.17) is 5.11 Å². The molecule has 0 aromatic carbocycles. The summed E-state index contributed by atoms with van der Waals surface area (Å²) >= 11 is 0. The number of carboxylic acid groups (broad SMARTS) is 1. The lowest BCUT2D eigenvalue weighted by Gasteiger charge is -2.32. The third kappa shape index (κ3) is 4.91. The van der Waals surface area contributed by atoms with E-state index in [0.717, 1.165) is 0 Å². The minimum atomic E-state index is -1.01. The van der Waals surface area contributed by atoms with Crippen molar-refractivity contribution in [3.8, 4) is 0 Å². The maximum absolute atomic E-state index is 12.5. The fourth-order valence-corrected chi connectivity index (χ4v) is 2.38. The van der Waals surface area contributed by atoms with E-state index in [9.17, 15) is 14.4 Å². The summed E-state index contributed by atoms with van der Waals surface area (Å²) in [6, 6.07) is -0.377. The van der Waals surface area contributed by atoms with Crippen LogP contribution >= 0.6 is 0 Å². The van der Waals surface area contributed by atoms with Crippen LogP contribution in [0.4, 0.5) is 4.79 Å². The van der Waals surface area contributed by atoms with Crippen molar-refractivity contribution >= 4 is 17.9 Å². The number of nitrogens with zero attached hydrogens (tertiary/aromatic N) is 3. The molecule has 0 aliphatic carbocycles. The van der Waals surface area contributed by atoms with Gasteiger partial charge in [-0.05, 0) is 19.8 Å². The molecular formula is C14H25N3O4. The Labute approximate surface area is 125 Å². The van der Waals surface area contributed by atoms with Crippen LogP contribution in [-0.2, 0) is 9.59 Å². The highest BCUT2D eigenvalue weighted by Gasteiger charge is 2.28. The van der Waals surface area contributed by atoms with Crippen LogP contribution in [0, 0.1) is 0 Å². The Bertz CT molecular complexity index is 400. The lowest BCUT2D eigenvalue weighted by molar-refractivity contribution is -0.138. The van der Waals surface area contributed by atoms with E-state index >= 15 is 0 Å². The molecule has 21 heavy (non-hydrogen) atoms. The van der Waals surface area contributed by atoms with Gasteiger partial charge in [-0.25, -0.2) is 4.79 Å². The molecule has 1 unspecified atom stereocenters. The van der Waals surface area contributed by atoms with Crippen molar-refractivity contribution in [3.63, 3.8) is 0 Å². The third-order valence-corrected chi connectivity index (χ3v) is 3.89. The molecule has 1 N–H and O–H groups in total. The maximum Gasteiger partial charge on any atom is 0.323 e. The molecule has 0 radical (unpaired) electrons. The SMILES string of the molecule is CCC(C)N(CC(=O)O)C(=O)N1CCCN(C(C)=O)CC1. The van der Waals surface area contributed by atoms with Crippen LogP contribution in [-0.4, -0.2) is 76.5 Å². The number of carboxylic acids is 1. The second-order valence-corrected chi connectivity index (χ2v) is 5.41. The summed E-state index contributed by atoms with van der Waals surface area (Å²) in [5, 5.41) is 8.98. The number of amides is 3. The highest BCUT2D eigenvalue weighted by atomic mass is 16.4. The highest BCUT2D eigenvalue weighted by molar-refractivity contribution is 5.80. The molecule has 0 aromatic rings. The van der Waals surface area contributed by atoms with Crippen molar-refractivity contribution in [2.45, 2.75) is 39.7 Å². The van der Waals surface area contributed by atoms with Crippen molar-refractivity contribution < 1.29 is 19.5 Å².